The van der Waals surface area contributed by atoms with Gasteiger partial charge in [0, 0.05) is 26.3 Å². The summed E-state index contributed by atoms with van der Waals surface area (Å²) in [5.74, 6) is 0. The lowest BCUT2D eigenvalue weighted by Crippen LogP contribution is -2.03. The monoisotopic (exact) mass is 315 g/mol. The number of halogens is 1. The number of nitrogens with zero attached hydrogens (tertiary/aromatic N) is 1. The van der Waals surface area contributed by atoms with E-state index in [1.807, 2.05) is 0 Å². The third-order valence-electron chi connectivity index (χ3n) is 3.77. The average molecular weight is 316 g/mol. The molecular formula is C16H14BrNO. The molecule has 19 heavy (non-hydrogen) atoms. The quantitative estimate of drug-likeness (QED) is 0.646. The number of benzene rings is 2. The Balaban J connectivity index is 2.09. The largest absolute Gasteiger partial charge is 0.371 e. The fourth-order valence-electron chi connectivity index (χ4n) is 2.76. The molecule has 1 aliphatic heterocycles. The molecule has 2 nitrogen and oxygen atoms in total. The van der Waals surface area contributed by atoms with Gasteiger partial charge in [-0.1, -0.05) is 27.6 Å². The van der Waals surface area contributed by atoms with Crippen LogP contribution in [0.1, 0.15) is 5.56 Å². The van der Waals surface area contributed by atoms with Crippen LogP contribution in [0.25, 0.3) is 21.8 Å². The molecular weight excluding hydrogens is 302 g/mol. The zero-order valence-corrected chi connectivity index (χ0v) is 12.3. The Morgan fingerprint density at radius 2 is 1.84 bits per heavy atom. The van der Waals surface area contributed by atoms with Crippen LogP contribution in [0.15, 0.2) is 40.9 Å². The van der Waals surface area contributed by atoms with E-state index in [1.54, 1.807) is 0 Å². The molecule has 0 aliphatic carbocycles. The van der Waals surface area contributed by atoms with Crippen molar-refractivity contribution in [1.29, 1.82) is 0 Å². The van der Waals surface area contributed by atoms with Gasteiger partial charge < -0.3 is 9.30 Å². The predicted molar refractivity (Wildman–Crippen MR) is 81.6 cm³/mol. The third-order valence-corrected chi connectivity index (χ3v) is 4.26. The van der Waals surface area contributed by atoms with Gasteiger partial charge in [-0.15, -0.1) is 0 Å². The summed E-state index contributed by atoms with van der Waals surface area (Å²) >= 11 is 3.58. The molecule has 0 radical (unpaired) electrons. The number of aryl methyl sites for hydroxylation is 1. The molecule has 1 aromatic heterocycles. The standard InChI is InChI=1S/C16H14BrNO/c1-10-2-4-15-13(6-10)14-7-11(17)3-5-16(14)18(15)8-12-9-19-12/h2-7,12H,8-9H2,1H3. The second-order valence-corrected chi connectivity index (χ2v) is 6.16. The van der Waals surface area contributed by atoms with Crippen LogP contribution in [0.2, 0.25) is 0 Å². The molecule has 3 heteroatoms. The van der Waals surface area contributed by atoms with Crippen LogP contribution >= 0.6 is 15.9 Å². The van der Waals surface area contributed by atoms with Crippen LogP contribution in [0.3, 0.4) is 0 Å². The molecule has 1 fully saturated rings. The average Bonchev–Trinajstić information content (AvgIpc) is 3.16. The molecule has 96 valence electrons. The fraction of sp³-hybridized carbons (Fsp3) is 0.250. The lowest BCUT2D eigenvalue weighted by Gasteiger charge is -2.05. The Labute approximate surface area is 120 Å². The summed E-state index contributed by atoms with van der Waals surface area (Å²) in [5.41, 5.74) is 3.89. The minimum Gasteiger partial charge on any atom is -0.371 e. The van der Waals surface area contributed by atoms with Gasteiger partial charge in [0.1, 0.15) is 0 Å². The number of fused-ring (bicyclic) bond motifs is 3. The van der Waals surface area contributed by atoms with Gasteiger partial charge in [0.15, 0.2) is 0 Å². The molecule has 0 amide bonds. The van der Waals surface area contributed by atoms with Crippen molar-refractivity contribution in [3.8, 4) is 0 Å². The van der Waals surface area contributed by atoms with Crippen LogP contribution in [0, 0.1) is 6.92 Å². The summed E-state index contributed by atoms with van der Waals surface area (Å²) in [5, 5.41) is 2.64. The molecule has 3 aromatic rings. The van der Waals surface area contributed by atoms with Crippen molar-refractivity contribution in [2.45, 2.75) is 19.6 Å². The molecule has 1 unspecified atom stereocenters. The summed E-state index contributed by atoms with van der Waals surface area (Å²) in [6.45, 7) is 3.98. The van der Waals surface area contributed by atoms with Crippen molar-refractivity contribution in [3.63, 3.8) is 0 Å². The number of ether oxygens (including phenoxy) is 1. The van der Waals surface area contributed by atoms with Crippen molar-refractivity contribution in [1.82, 2.24) is 4.57 Å². The molecule has 0 N–H and O–H groups in total. The highest BCUT2D eigenvalue weighted by Crippen LogP contribution is 2.33. The maximum atomic E-state index is 5.40. The van der Waals surface area contributed by atoms with Gasteiger partial charge in [0.2, 0.25) is 0 Å². The summed E-state index contributed by atoms with van der Waals surface area (Å²) in [4.78, 5) is 0. The lowest BCUT2D eigenvalue weighted by molar-refractivity contribution is 0.387. The number of hydrogen-bond donors (Lipinski definition) is 0. The number of rotatable bonds is 2. The van der Waals surface area contributed by atoms with E-state index in [9.17, 15) is 0 Å². The second kappa shape index (κ2) is 4.09. The molecule has 2 aromatic carbocycles. The van der Waals surface area contributed by atoms with Crippen molar-refractivity contribution in [3.05, 3.63) is 46.4 Å². The number of aromatic nitrogens is 1. The van der Waals surface area contributed by atoms with Crippen LogP contribution in [0.5, 0.6) is 0 Å². The highest BCUT2D eigenvalue weighted by molar-refractivity contribution is 9.10. The molecule has 1 atom stereocenters. The first-order valence-corrected chi connectivity index (χ1v) is 7.31. The van der Waals surface area contributed by atoms with E-state index < -0.39 is 0 Å². The maximum absolute atomic E-state index is 5.40. The number of hydrogen-bond acceptors (Lipinski definition) is 1. The van der Waals surface area contributed by atoms with E-state index in [-0.39, 0.29) is 0 Å². The number of epoxide rings is 1. The highest BCUT2D eigenvalue weighted by atomic mass is 79.9. The van der Waals surface area contributed by atoms with E-state index in [0.29, 0.717) is 6.10 Å². The first kappa shape index (κ1) is 11.5. The Morgan fingerprint density at radius 1 is 1.16 bits per heavy atom. The fourth-order valence-corrected chi connectivity index (χ4v) is 3.12. The van der Waals surface area contributed by atoms with Gasteiger partial charge in [-0.05, 0) is 37.3 Å². The van der Waals surface area contributed by atoms with Crippen LogP contribution in [0.4, 0.5) is 0 Å². The van der Waals surface area contributed by atoms with Crippen molar-refractivity contribution >= 4 is 37.7 Å². The summed E-state index contributed by atoms with van der Waals surface area (Å²) < 4.78 is 8.91. The van der Waals surface area contributed by atoms with Gasteiger partial charge >= 0.3 is 0 Å². The van der Waals surface area contributed by atoms with Gasteiger partial charge in [-0.25, -0.2) is 0 Å². The van der Waals surface area contributed by atoms with Gasteiger partial charge in [-0.3, -0.25) is 0 Å². The zero-order chi connectivity index (χ0) is 13.0. The van der Waals surface area contributed by atoms with E-state index in [2.05, 4.69) is 63.8 Å². The van der Waals surface area contributed by atoms with E-state index in [0.717, 1.165) is 17.6 Å². The third kappa shape index (κ3) is 1.88. The van der Waals surface area contributed by atoms with E-state index >= 15 is 0 Å². The van der Waals surface area contributed by atoms with Crippen molar-refractivity contribution in [2.24, 2.45) is 0 Å². The first-order chi connectivity index (χ1) is 9.22. The summed E-state index contributed by atoms with van der Waals surface area (Å²) in [7, 11) is 0. The zero-order valence-electron chi connectivity index (χ0n) is 10.7. The minimum atomic E-state index is 0.392. The van der Waals surface area contributed by atoms with Crippen LogP contribution < -0.4 is 0 Å². The Bertz CT molecular complexity index is 727. The van der Waals surface area contributed by atoms with Crippen molar-refractivity contribution < 1.29 is 4.74 Å². The first-order valence-electron chi connectivity index (χ1n) is 6.52. The Morgan fingerprint density at radius 3 is 2.58 bits per heavy atom. The topological polar surface area (TPSA) is 17.5 Å². The molecule has 0 spiro atoms. The Hall–Kier alpha value is -1.32. The summed E-state index contributed by atoms with van der Waals surface area (Å²) in [6.07, 6.45) is 0.392. The van der Waals surface area contributed by atoms with E-state index in [4.69, 9.17) is 4.74 Å². The van der Waals surface area contributed by atoms with Gasteiger partial charge in [-0.2, -0.15) is 0 Å². The van der Waals surface area contributed by atoms with Crippen molar-refractivity contribution in [2.75, 3.05) is 6.61 Å². The molecule has 1 saturated heterocycles. The smallest absolute Gasteiger partial charge is 0.0988 e. The highest BCUT2D eigenvalue weighted by Gasteiger charge is 2.24. The van der Waals surface area contributed by atoms with Gasteiger partial charge in [0.05, 0.1) is 19.3 Å². The molecule has 0 saturated carbocycles. The second-order valence-electron chi connectivity index (χ2n) is 5.25. The SMILES string of the molecule is Cc1ccc2c(c1)c1cc(Br)ccc1n2CC1CO1. The Kier molecular flexibility index (Phi) is 2.47. The van der Waals surface area contributed by atoms with Gasteiger partial charge in [0.25, 0.3) is 0 Å². The maximum Gasteiger partial charge on any atom is 0.0988 e. The molecule has 2 heterocycles. The lowest BCUT2D eigenvalue weighted by atomic mass is 10.1. The molecule has 4 rings (SSSR count). The van der Waals surface area contributed by atoms with Crippen LogP contribution in [-0.2, 0) is 11.3 Å². The van der Waals surface area contributed by atoms with E-state index in [1.165, 1.54) is 27.4 Å². The summed E-state index contributed by atoms with van der Waals surface area (Å²) in [6, 6.07) is 13.2. The van der Waals surface area contributed by atoms with Crippen LogP contribution in [-0.4, -0.2) is 17.3 Å². The minimum absolute atomic E-state index is 0.392. The predicted octanol–water partition coefficient (Wildman–Crippen LogP) is 4.26. The normalized spacial score (nSPS) is 18.3. The molecule has 0 bridgehead atoms. The molecule has 1 aliphatic rings.